The van der Waals surface area contributed by atoms with E-state index >= 15 is 0 Å². The molecule has 156 valence electrons. The molecule has 0 amide bonds. The molecular weight excluding hydrogens is 374 g/mol. The molecule has 0 aliphatic heterocycles. The summed E-state index contributed by atoms with van der Waals surface area (Å²) in [6, 6.07) is 23.5. The Bertz CT molecular complexity index is 985. The maximum Gasteiger partial charge on any atom is 0.326 e. The number of benzene rings is 3. The molecule has 1 unspecified atom stereocenters. The van der Waals surface area contributed by atoms with Crippen molar-refractivity contribution in [2.45, 2.75) is 39.8 Å². The Balaban J connectivity index is 1.77. The molecule has 1 atom stereocenters. The number of nitrogens with zero attached hydrogens (tertiary/aromatic N) is 1. The summed E-state index contributed by atoms with van der Waals surface area (Å²) in [6.07, 6.45) is 0.788. The second-order valence-corrected chi connectivity index (χ2v) is 7.61. The van der Waals surface area contributed by atoms with Crippen molar-refractivity contribution in [2.24, 2.45) is 0 Å². The Kier molecular flexibility index (Phi) is 7.12. The van der Waals surface area contributed by atoms with E-state index in [0.29, 0.717) is 13.2 Å². The van der Waals surface area contributed by atoms with Crippen LogP contribution in [0.5, 0.6) is 5.75 Å². The van der Waals surface area contributed by atoms with Crippen molar-refractivity contribution in [3.63, 3.8) is 0 Å². The zero-order valence-electron chi connectivity index (χ0n) is 17.8. The van der Waals surface area contributed by atoms with Crippen LogP contribution in [-0.4, -0.2) is 23.7 Å². The number of carboxylic acids is 1. The van der Waals surface area contributed by atoms with Crippen molar-refractivity contribution >= 4 is 11.7 Å². The minimum Gasteiger partial charge on any atom is -0.489 e. The molecule has 30 heavy (non-hydrogen) atoms. The van der Waals surface area contributed by atoms with E-state index < -0.39 is 12.0 Å². The first kappa shape index (κ1) is 21.4. The van der Waals surface area contributed by atoms with Crippen LogP contribution in [0.1, 0.15) is 29.2 Å². The monoisotopic (exact) mass is 403 g/mol. The van der Waals surface area contributed by atoms with Crippen LogP contribution in [0, 0.1) is 13.8 Å². The van der Waals surface area contributed by atoms with Crippen LogP contribution in [0.4, 0.5) is 5.69 Å². The molecule has 0 radical (unpaired) electrons. The zero-order chi connectivity index (χ0) is 21.5. The van der Waals surface area contributed by atoms with Crippen LogP contribution < -0.4 is 9.64 Å². The highest BCUT2D eigenvalue weighted by Crippen LogP contribution is 2.27. The third-order valence-electron chi connectivity index (χ3n) is 5.43. The molecule has 0 aromatic heterocycles. The van der Waals surface area contributed by atoms with Gasteiger partial charge < -0.3 is 14.7 Å². The maximum atomic E-state index is 11.8. The topological polar surface area (TPSA) is 49.8 Å². The number of hydrogen-bond donors (Lipinski definition) is 1. The highest BCUT2D eigenvalue weighted by molar-refractivity contribution is 5.78. The molecule has 4 nitrogen and oxygen atoms in total. The molecule has 0 saturated carbocycles. The van der Waals surface area contributed by atoms with Gasteiger partial charge in [-0.05, 0) is 67.6 Å². The number of carboxylic acid groups (broad SMARTS) is 1. The molecule has 0 heterocycles. The summed E-state index contributed by atoms with van der Waals surface area (Å²) < 4.78 is 5.93. The Morgan fingerprint density at radius 3 is 2.33 bits per heavy atom. The quantitative estimate of drug-likeness (QED) is 0.519. The third-order valence-corrected chi connectivity index (χ3v) is 5.43. The first-order valence-corrected chi connectivity index (χ1v) is 10.3. The van der Waals surface area contributed by atoms with E-state index in [1.54, 1.807) is 6.92 Å². The lowest BCUT2D eigenvalue weighted by Gasteiger charge is -2.30. The van der Waals surface area contributed by atoms with Gasteiger partial charge in [0.2, 0.25) is 0 Å². The number of hydrogen-bond acceptors (Lipinski definition) is 3. The van der Waals surface area contributed by atoms with Crippen molar-refractivity contribution in [3.05, 3.63) is 95.1 Å². The second kappa shape index (κ2) is 9.97. The van der Waals surface area contributed by atoms with E-state index in [4.69, 9.17) is 4.74 Å². The second-order valence-electron chi connectivity index (χ2n) is 7.61. The summed E-state index contributed by atoms with van der Waals surface area (Å²) in [5, 5.41) is 9.65. The summed E-state index contributed by atoms with van der Waals surface area (Å²) in [6.45, 7) is 6.95. The van der Waals surface area contributed by atoms with Gasteiger partial charge in [-0.25, -0.2) is 4.79 Å². The van der Waals surface area contributed by atoms with Gasteiger partial charge in [-0.1, -0.05) is 54.6 Å². The number of aryl methyl sites for hydroxylation is 2. The molecule has 3 aromatic carbocycles. The zero-order valence-corrected chi connectivity index (χ0v) is 17.8. The summed E-state index contributed by atoms with van der Waals surface area (Å²) in [5.41, 5.74) is 5.49. The summed E-state index contributed by atoms with van der Waals surface area (Å²) in [5.74, 6) is -0.0504. The average molecular weight is 404 g/mol. The van der Waals surface area contributed by atoms with Crippen LogP contribution in [0.15, 0.2) is 72.8 Å². The van der Waals surface area contributed by atoms with Gasteiger partial charge >= 0.3 is 5.97 Å². The average Bonchev–Trinajstić information content (AvgIpc) is 2.75. The fraction of sp³-hybridized carbons (Fsp3) is 0.269. The maximum absolute atomic E-state index is 11.8. The van der Waals surface area contributed by atoms with Crippen LogP contribution in [-0.2, 0) is 17.8 Å². The highest BCUT2D eigenvalue weighted by Gasteiger charge is 2.22. The SMILES string of the molecule is Cc1ccccc1CCN(c1ccc(OCc2ccccc2)cc1C)C(C)C(=O)O. The van der Waals surface area contributed by atoms with Crippen LogP contribution in [0.2, 0.25) is 0 Å². The predicted octanol–water partition coefficient (Wildman–Crippen LogP) is 5.40. The van der Waals surface area contributed by atoms with E-state index in [0.717, 1.165) is 29.0 Å². The first-order chi connectivity index (χ1) is 14.5. The molecule has 0 bridgehead atoms. The lowest BCUT2D eigenvalue weighted by Crippen LogP contribution is -2.40. The van der Waals surface area contributed by atoms with Crippen molar-refractivity contribution in [2.75, 3.05) is 11.4 Å². The van der Waals surface area contributed by atoms with Gasteiger partial charge in [0.05, 0.1) is 0 Å². The minimum atomic E-state index is -0.830. The fourth-order valence-corrected chi connectivity index (χ4v) is 3.57. The number of aliphatic carboxylic acids is 1. The van der Waals surface area contributed by atoms with Gasteiger partial charge in [0.1, 0.15) is 18.4 Å². The van der Waals surface area contributed by atoms with Crippen LogP contribution >= 0.6 is 0 Å². The first-order valence-electron chi connectivity index (χ1n) is 10.3. The summed E-state index contributed by atoms with van der Waals surface area (Å²) in [4.78, 5) is 13.7. The number of carbonyl (C=O) groups is 1. The number of anilines is 1. The Hall–Kier alpha value is -3.27. The van der Waals surface area contributed by atoms with E-state index in [-0.39, 0.29) is 0 Å². The molecule has 3 aromatic rings. The fourth-order valence-electron chi connectivity index (χ4n) is 3.57. The third kappa shape index (κ3) is 5.41. The van der Waals surface area contributed by atoms with Crippen molar-refractivity contribution in [1.82, 2.24) is 0 Å². The van der Waals surface area contributed by atoms with E-state index in [2.05, 4.69) is 19.1 Å². The van der Waals surface area contributed by atoms with Gasteiger partial charge in [0, 0.05) is 12.2 Å². The normalized spacial score (nSPS) is 11.7. The van der Waals surface area contributed by atoms with Gasteiger partial charge in [-0.2, -0.15) is 0 Å². The van der Waals surface area contributed by atoms with Crippen molar-refractivity contribution in [3.8, 4) is 5.75 Å². The van der Waals surface area contributed by atoms with Crippen molar-refractivity contribution < 1.29 is 14.6 Å². The molecule has 1 N–H and O–H groups in total. The van der Waals surface area contributed by atoms with E-state index in [1.807, 2.05) is 72.5 Å². The molecule has 0 aliphatic carbocycles. The Morgan fingerprint density at radius 2 is 1.67 bits per heavy atom. The van der Waals surface area contributed by atoms with Gasteiger partial charge in [0.25, 0.3) is 0 Å². The molecule has 3 rings (SSSR count). The molecule has 4 heteroatoms. The van der Waals surface area contributed by atoms with E-state index in [1.165, 1.54) is 11.1 Å². The Labute approximate surface area is 178 Å². The molecule has 0 spiro atoms. The molecular formula is C26H29NO3. The van der Waals surface area contributed by atoms with Gasteiger partial charge in [-0.3, -0.25) is 0 Å². The molecule has 0 saturated heterocycles. The van der Waals surface area contributed by atoms with Crippen LogP contribution in [0.25, 0.3) is 0 Å². The standard InChI is InChI=1S/C26H29NO3/c1-19-9-7-8-12-23(19)15-16-27(21(3)26(28)29)25-14-13-24(17-20(25)2)30-18-22-10-5-4-6-11-22/h4-14,17,21H,15-16,18H2,1-3H3,(H,28,29). The number of ether oxygens (including phenoxy) is 1. The van der Waals surface area contributed by atoms with Crippen LogP contribution in [0.3, 0.4) is 0 Å². The van der Waals surface area contributed by atoms with E-state index in [9.17, 15) is 9.90 Å². The lowest BCUT2D eigenvalue weighted by molar-refractivity contribution is -0.138. The molecule has 0 aliphatic rings. The Morgan fingerprint density at radius 1 is 0.967 bits per heavy atom. The summed E-state index contributed by atoms with van der Waals surface area (Å²) >= 11 is 0. The predicted molar refractivity (Wildman–Crippen MR) is 121 cm³/mol. The lowest BCUT2D eigenvalue weighted by atomic mass is 10.0. The van der Waals surface area contributed by atoms with Gasteiger partial charge in [-0.15, -0.1) is 0 Å². The smallest absolute Gasteiger partial charge is 0.326 e. The highest BCUT2D eigenvalue weighted by atomic mass is 16.5. The largest absolute Gasteiger partial charge is 0.489 e. The van der Waals surface area contributed by atoms with Crippen molar-refractivity contribution in [1.29, 1.82) is 0 Å². The summed E-state index contributed by atoms with van der Waals surface area (Å²) in [7, 11) is 0. The number of rotatable bonds is 9. The van der Waals surface area contributed by atoms with Gasteiger partial charge in [0.15, 0.2) is 0 Å². The molecule has 0 fully saturated rings. The minimum absolute atomic E-state index is 0.502.